The summed E-state index contributed by atoms with van der Waals surface area (Å²) in [7, 11) is 0. The maximum atomic E-state index is 5.69. The van der Waals surface area contributed by atoms with Gasteiger partial charge in [-0.05, 0) is 26.7 Å². The topological polar surface area (TPSA) is 77.8 Å². The average Bonchev–Trinajstić information content (AvgIpc) is 2.89. The fourth-order valence-corrected chi connectivity index (χ4v) is 2.43. The van der Waals surface area contributed by atoms with Crippen molar-refractivity contribution in [3.8, 4) is 0 Å². The first-order chi connectivity index (χ1) is 8.63. The molecule has 2 aromatic rings. The lowest BCUT2D eigenvalue weighted by atomic mass is 10.1. The number of rotatable bonds is 6. The summed E-state index contributed by atoms with van der Waals surface area (Å²) in [6.45, 7) is 3.99. The Morgan fingerprint density at radius 1 is 1.44 bits per heavy atom. The SMILES string of the molecule is Cc1csc(Cc2noc(CCCC(C)N)n2)n1. The van der Waals surface area contributed by atoms with Crippen LogP contribution in [0.5, 0.6) is 0 Å². The Balaban J connectivity index is 1.86. The molecule has 2 rings (SSSR count). The van der Waals surface area contributed by atoms with Crippen molar-refractivity contribution in [2.45, 2.75) is 45.6 Å². The molecule has 0 saturated carbocycles. The van der Waals surface area contributed by atoms with Crippen molar-refractivity contribution in [1.82, 2.24) is 15.1 Å². The number of nitrogens with two attached hydrogens (primary N) is 1. The molecule has 1 unspecified atom stereocenters. The second-order valence-electron chi connectivity index (χ2n) is 4.53. The van der Waals surface area contributed by atoms with E-state index in [1.165, 1.54) is 0 Å². The van der Waals surface area contributed by atoms with Crippen LogP contribution in [0.25, 0.3) is 0 Å². The van der Waals surface area contributed by atoms with Gasteiger partial charge in [-0.2, -0.15) is 4.98 Å². The van der Waals surface area contributed by atoms with Gasteiger partial charge in [-0.15, -0.1) is 11.3 Å². The molecule has 0 bridgehead atoms. The maximum absolute atomic E-state index is 5.69. The van der Waals surface area contributed by atoms with Gasteiger partial charge in [0, 0.05) is 23.5 Å². The number of aryl methyl sites for hydroxylation is 2. The maximum Gasteiger partial charge on any atom is 0.226 e. The van der Waals surface area contributed by atoms with E-state index < -0.39 is 0 Å². The highest BCUT2D eigenvalue weighted by atomic mass is 32.1. The zero-order chi connectivity index (χ0) is 13.0. The normalized spacial score (nSPS) is 12.8. The van der Waals surface area contributed by atoms with Crippen LogP contribution >= 0.6 is 11.3 Å². The highest BCUT2D eigenvalue weighted by Crippen LogP contribution is 2.13. The molecule has 0 radical (unpaired) electrons. The molecule has 0 amide bonds. The summed E-state index contributed by atoms with van der Waals surface area (Å²) in [6.07, 6.45) is 3.40. The van der Waals surface area contributed by atoms with Gasteiger partial charge in [0.15, 0.2) is 5.82 Å². The molecule has 2 N–H and O–H groups in total. The summed E-state index contributed by atoms with van der Waals surface area (Å²) in [5.41, 5.74) is 6.73. The van der Waals surface area contributed by atoms with Crippen LogP contribution in [0.2, 0.25) is 0 Å². The molecule has 0 aliphatic heterocycles. The fourth-order valence-electron chi connectivity index (χ4n) is 1.66. The monoisotopic (exact) mass is 266 g/mol. The molecular weight excluding hydrogens is 248 g/mol. The van der Waals surface area contributed by atoms with Crippen LogP contribution in [-0.2, 0) is 12.8 Å². The molecule has 0 saturated heterocycles. The Kier molecular flexibility index (Phi) is 4.43. The van der Waals surface area contributed by atoms with Crippen LogP contribution in [0, 0.1) is 6.92 Å². The molecule has 18 heavy (non-hydrogen) atoms. The van der Waals surface area contributed by atoms with Crippen molar-refractivity contribution < 1.29 is 4.52 Å². The zero-order valence-corrected chi connectivity index (χ0v) is 11.5. The van der Waals surface area contributed by atoms with Crippen LogP contribution in [0.3, 0.4) is 0 Å². The molecule has 0 spiro atoms. The molecule has 2 aromatic heterocycles. The number of aromatic nitrogens is 3. The minimum atomic E-state index is 0.227. The molecular formula is C12H18N4OS. The zero-order valence-electron chi connectivity index (χ0n) is 10.7. The molecule has 0 aliphatic carbocycles. The highest BCUT2D eigenvalue weighted by Gasteiger charge is 2.09. The van der Waals surface area contributed by atoms with E-state index in [-0.39, 0.29) is 6.04 Å². The lowest BCUT2D eigenvalue weighted by Crippen LogP contribution is -2.14. The van der Waals surface area contributed by atoms with Crippen molar-refractivity contribution in [3.05, 3.63) is 27.8 Å². The Labute approximate surface area is 110 Å². The summed E-state index contributed by atoms with van der Waals surface area (Å²) in [5, 5.41) is 7.02. The summed E-state index contributed by atoms with van der Waals surface area (Å²) in [4.78, 5) is 8.74. The predicted octanol–water partition coefficient (Wildman–Crippen LogP) is 2.10. The Morgan fingerprint density at radius 2 is 2.28 bits per heavy atom. The van der Waals surface area contributed by atoms with Crippen LogP contribution in [0.15, 0.2) is 9.90 Å². The fraction of sp³-hybridized carbons (Fsp3) is 0.583. The van der Waals surface area contributed by atoms with Gasteiger partial charge >= 0.3 is 0 Å². The Morgan fingerprint density at radius 3 is 2.94 bits per heavy atom. The molecule has 98 valence electrons. The number of hydrogen-bond acceptors (Lipinski definition) is 6. The molecule has 1 atom stereocenters. The molecule has 0 fully saturated rings. The molecule has 2 heterocycles. The highest BCUT2D eigenvalue weighted by molar-refractivity contribution is 7.09. The van der Waals surface area contributed by atoms with Gasteiger partial charge in [0.25, 0.3) is 0 Å². The first-order valence-corrected chi connectivity index (χ1v) is 6.99. The molecule has 0 aromatic carbocycles. The van der Waals surface area contributed by atoms with E-state index in [9.17, 15) is 0 Å². The molecule has 6 heteroatoms. The largest absolute Gasteiger partial charge is 0.339 e. The number of hydrogen-bond donors (Lipinski definition) is 1. The Hall–Kier alpha value is -1.27. The first-order valence-electron chi connectivity index (χ1n) is 6.11. The van der Waals surface area contributed by atoms with Crippen LogP contribution in [-0.4, -0.2) is 21.2 Å². The van der Waals surface area contributed by atoms with Gasteiger partial charge in [0.05, 0.1) is 6.42 Å². The van der Waals surface area contributed by atoms with E-state index in [1.54, 1.807) is 11.3 Å². The minimum absolute atomic E-state index is 0.227. The van der Waals surface area contributed by atoms with E-state index in [1.807, 2.05) is 19.2 Å². The average molecular weight is 266 g/mol. The molecule has 5 nitrogen and oxygen atoms in total. The van der Waals surface area contributed by atoms with Crippen LogP contribution in [0.4, 0.5) is 0 Å². The number of nitrogens with zero attached hydrogens (tertiary/aromatic N) is 3. The van der Waals surface area contributed by atoms with Crippen molar-refractivity contribution in [1.29, 1.82) is 0 Å². The third-order valence-corrected chi connectivity index (χ3v) is 3.50. The van der Waals surface area contributed by atoms with Crippen molar-refractivity contribution in [3.63, 3.8) is 0 Å². The van der Waals surface area contributed by atoms with E-state index in [0.29, 0.717) is 18.1 Å². The third kappa shape index (κ3) is 3.89. The Bertz CT molecular complexity index is 492. The van der Waals surface area contributed by atoms with Gasteiger partial charge in [0.1, 0.15) is 5.01 Å². The summed E-state index contributed by atoms with van der Waals surface area (Å²) in [6, 6.07) is 0.227. The van der Waals surface area contributed by atoms with Gasteiger partial charge in [0.2, 0.25) is 5.89 Å². The van der Waals surface area contributed by atoms with Crippen LogP contribution < -0.4 is 5.73 Å². The quantitative estimate of drug-likeness (QED) is 0.866. The minimum Gasteiger partial charge on any atom is -0.339 e. The van der Waals surface area contributed by atoms with Gasteiger partial charge in [-0.25, -0.2) is 4.98 Å². The van der Waals surface area contributed by atoms with E-state index >= 15 is 0 Å². The van der Waals surface area contributed by atoms with Gasteiger partial charge in [-0.1, -0.05) is 5.16 Å². The first kappa shape index (κ1) is 13.2. The van der Waals surface area contributed by atoms with Gasteiger partial charge < -0.3 is 10.3 Å². The standard InChI is InChI=1S/C12H18N4OS/c1-8(13)4-3-5-11-15-10(16-17-11)6-12-14-9(2)7-18-12/h7-8H,3-6,13H2,1-2H3. The second-order valence-corrected chi connectivity index (χ2v) is 5.48. The van der Waals surface area contributed by atoms with E-state index in [4.69, 9.17) is 10.3 Å². The lowest BCUT2D eigenvalue weighted by molar-refractivity contribution is 0.368. The van der Waals surface area contributed by atoms with E-state index in [2.05, 4.69) is 15.1 Å². The van der Waals surface area contributed by atoms with Crippen LogP contribution in [0.1, 0.15) is 42.2 Å². The van der Waals surface area contributed by atoms with Crippen molar-refractivity contribution in [2.24, 2.45) is 5.73 Å². The number of thiazole rings is 1. The third-order valence-electron chi connectivity index (χ3n) is 2.54. The summed E-state index contributed by atoms with van der Waals surface area (Å²) < 4.78 is 5.20. The van der Waals surface area contributed by atoms with Gasteiger partial charge in [-0.3, -0.25) is 0 Å². The van der Waals surface area contributed by atoms with E-state index in [0.717, 1.165) is 30.0 Å². The van der Waals surface area contributed by atoms with Crippen molar-refractivity contribution >= 4 is 11.3 Å². The summed E-state index contributed by atoms with van der Waals surface area (Å²) in [5.74, 6) is 1.40. The summed E-state index contributed by atoms with van der Waals surface area (Å²) >= 11 is 1.63. The predicted molar refractivity (Wildman–Crippen MR) is 70.5 cm³/mol. The van der Waals surface area contributed by atoms with Crippen molar-refractivity contribution in [2.75, 3.05) is 0 Å². The second kappa shape index (κ2) is 6.06. The molecule has 0 aliphatic rings. The lowest BCUT2D eigenvalue weighted by Gasteiger charge is -2.00. The smallest absolute Gasteiger partial charge is 0.226 e.